The van der Waals surface area contributed by atoms with Crippen molar-refractivity contribution in [2.24, 2.45) is 0 Å². The minimum Gasteiger partial charge on any atom is -0.381 e. The van der Waals surface area contributed by atoms with Gasteiger partial charge in [0, 0.05) is 11.4 Å². The molecule has 0 radical (unpaired) electrons. The lowest BCUT2D eigenvalue weighted by atomic mass is 10.2. The van der Waals surface area contributed by atoms with Crippen LogP contribution < -0.4 is 10.6 Å². The second-order valence-corrected chi connectivity index (χ2v) is 5.04. The number of nitrogens with zero attached hydrogens (tertiary/aromatic N) is 1. The van der Waals surface area contributed by atoms with Gasteiger partial charge in [-0.1, -0.05) is 0 Å². The molecule has 2 aromatic rings. The molecule has 1 aromatic carbocycles. The van der Waals surface area contributed by atoms with Gasteiger partial charge in [-0.3, -0.25) is 4.79 Å². The fourth-order valence-corrected chi connectivity index (χ4v) is 2.10. The lowest BCUT2D eigenvalue weighted by Crippen LogP contribution is -2.16. The molecule has 0 aliphatic rings. The zero-order valence-corrected chi connectivity index (χ0v) is 11.4. The van der Waals surface area contributed by atoms with E-state index >= 15 is 0 Å². The van der Waals surface area contributed by atoms with E-state index in [1.807, 2.05) is 13.8 Å². The predicted molar refractivity (Wildman–Crippen MR) is 75.2 cm³/mol. The van der Waals surface area contributed by atoms with Crippen LogP contribution in [-0.2, 0) is 0 Å². The first-order chi connectivity index (χ1) is 9.06. The molecule has 1 amide bonds. The smallest absolute Gasteiger partial charge is 0.275 e. The first-order valence-electron chi connectivity index (χ1n) is 5.82. The highest BCUT2D eigenvalue weighted by atomic mass is 32.1. The maximum absolute atomic E-state index is 13.3. The van der Waals surface area contributed by atoms with Crippen LogP contribution in [-0.4, -0.2) is 16.9 Å². The fraction of sp³-hybridized carbons (Fsp3) is 0.231. The quantitative estimate of drug-likeness (QED) is 0.902. The second-order valence-electron chi connectivity index (χ2n) is 4.32. The Morgan fingerprint density at radius 2 is 2.16 bits per heavy atom. The van der Waals surface area contributed by atoms with Crippen molar-refractivity contribution in [3.63, 3.8) is 0 Å². The van der Waals surface area contributed by atoms with Crippen molar-refractivity contribution < 1.29 is 9.18 Å². The first-order valence-corrected chi connectivity index (χ1v) is 6.76. The van der Waals surface area contributed by atoms with E-state index < -0.39 is 5.82 Å². The number of thiazole rings is 1. The van der Waals surface area contributed by atoms with Crippen molar-refractivity contribution >= 4 is 28.6 Å². The molecule has 1 aromatic heterocycles. The van der Waals surface area contributed by atoms with Gasteiger partial charge in [0.2, 0.25) is 0 Å². The molecule has 0 aliphatic carbocycles. The summed E-state index contributed by atoms with van der Waals surface area (Å²) in [6, 6.07) is 4.42. The molecule has 0 bridgehead atoms. The van der Waals surface area contributed by atoms with E-state index in [9.17, 15) is 9.18 Å². The van der Waals surface area contributed by atoms with E-state index in [1.54, 1.807) is 17.0 Å². The van der Waals surface area contributed by atoms with Gasteiger partial charge in [0.15, 0.2) is 0 Å². The molecule has 100 valence electrons. The number of amides is 1. The van der Waals surface area contributed by atoms with Crippen molar-refractivity contribution in [3.8, 4) is 0 Å². The first kappa shape index (κ1) is 13.5. The summed E-state index contributed by atoms with van der Waals surface area (Å²) in [5.41, 5.74) is 2.99. The van der Waals surface area contributed by atoms with Gasteiger partial charge in [0.25, 0.3) is 5.91 Å². The molecule has 1 heterocycles. The number of rotatable bonds is 4. The average Bonchev–Trinajstić information content (AvgIpc) is 2.86. The molecule has 0 saturated heterocycles. The monoisotopic (exact) mass is 279 g/mol. The lowest BCUT2D eigenvalue weighted by molar-refractivity contribution is 0.102. The number of nitrogens with one attached hydrogen (secondary N) is 2. The topological polar surface area (TPSA) is 54.0 Å². The van der Waals surface area contributed by atoms with E-state index in [-0.39, 0.29) is 11.9 Å². The normalized spacial score (nSPS) is 10.5. The zero-order chi connectivity index (χ0) is 13.8. The molecule has 2 rings (SSSR count). The van der Waals surface area contributed by atoms with Gasteiger partial charge in [0.1, 0.15) is 11.5 Å². The van der Waals surface area contributed by atoms with Gasteiger partial charge < -0.3 is 10.6 Å². The Kier molecular flexibility index (Phi) is 4.11. The molecular weight excluding hydrogens is 265 g/mol. The number of benzene rings is 1. The van der Waals surface area contributed by atoms with Crippen LogP contribution in [0.5, 0.6) is 0 Å². The number of aromatic nitrogens is 1. The van der Waals surface area contributed by atoms with E-state index in [4.69, 9.17) is 0 Å². The van der Waals surface area contributed by atoms with Crippen LogP contribution in [0.15, 0.2) is 29.1 Å². The highest BCUT2D eigenvalue weighted by molar-refractivity contribution is 7.07. The summed E-state index contributed by atoms with van der Waals surface area (Å²) < 4.78 is 13.3. The van der Waals surface area contributed by atoms with Gasteiger partial charge >= 0.3 is 0 Å². The summed E-state index contributed by atoms with van der Waals surface area (Å²) in [7, 11) is 0. The summed E-state index contributed by atoms with van der Waals surface area (Å²) in [5, 5.41) is 7.46. The molecule has 2 N–H and O–H groups in total. The van der Waals surface area contributed by atoms with E-state index in [0.717, 1.165) is 0 Å². The average molecular weight is 279 g/mol. The Morgan fingerprint density at radius 3 is 2.79 bits per heavy atom. The minimum atomic E-state index is -0.400. The van der Waals surface area contributed by atoms with Crippen LogP contribution in [0.25, 0.3) is 0 Å². The summed E-state index contributed by atoms with van der Waals surface area (Å²) in [4.78, 5) is 15.8. The number of hydrogen-bond donors (Lipinski definition) is 2. The molecule has 0 saturated carbocycles. The van der Waals surface area contributed by atoms with E-state index in [0.29, 0.717) is 17.1 Å². The standard InChI is InChI=1S/C13H14FN3OS/c1-8(2)16-10-4-3-9(14)5-11(10)17-13(18)12-6-19-7-15-12/h3-8,16H,1-2H3,(H,17,18). The van der Waals surface area contributed by atoms with Crippen molar-refractivity contribution in [1.82, 2.24) is 4.98 Å². The SMILES string of the molecule is CC(C)Nc1ccc(F)cc1NC(=O)c1cscn1. The maximum Gasteiger partial charge on any atom is 0.275 e. The molecule has 19 heavy (non-hydrogen) atoms. The largest absolute Gasteiger partial charge is 0.381 e. The van der Waals surface area contributed by atoms with Crippen molar-refractivity contribution in [1.29, 1.82) is 0 Å². The van der Waals surface area contributed by atoms with Gasteiger partial charge in [-0.25, -0.2) is 9.37 Å². The number of halogens is 1. The van der Waals surface area contributed by atoms with Crippen LogP contribution in [0.4, 0.5) is 15.8 Å². The van der Waals surface area contributed by atoms with Gasteiger partial charge in [-0.05, 0) is 32.0 Å². The summed E-state index contributed by atoms with van der Waals surface area (Å²) in [6.07, 6.45) is 0. The number of carbonyl (C=O) groups is 1. The fourth-order valence-electron chi connectivity index (χ4n) is 1.57. The molecule has 4 nitrogen and oxygen atoms in total. The highest BCUT2D eigenvalue weighted by Crippen LogP contribution is 2.24. The number of carbonyl (C=O) groups excluding carboxylic acids is 1. The zero-order valence-electron chi connectivity index (χ0n) is 10.6. The van der Waals surface area contributed by atoms with Crippen LogP contribution in [0.2, 0.25) is 0 Å². The molecule has 0 unspecified atom stereocenters. The summed E-state index contributed by atoms with van der Waals surface area (Å²) in [6.45, 7) is 3.94. The predicted octanol–water partition coefficient (Wildman–Crippen LogP) is 3.35. The maximum atomic E-state index is 13.3. The van der Waals surface area contributed by atoms with Crippen LogP contribution in [0, 0.1) is 5.82 Å². The van der Waals surface area contributed by atoms with Gasteiger partial charge in [-0.15, -0.1) is 11.3 Å². The third-order valence-corrected chi connectivity index (χ3v) is 2.93. The van der Waals surface area contributed by atoms with Crippen molar-refractivity contribution in [2.75, 3.05) is 10.6 Å². The second kappa shape index (κ2) is 5.79. The Morgan fingerprint density at radius 1 is 1.37 bits per heavy atom. The van der Waals surface area contributed by atoms with E-state index in [1.165, 1.54) is 23.5 Å². The molecule has 0 spiro atoms. The Hall–Kier alpha value is -1.95. The highest BCUT2D eigenvalue weighted by Gasteiger charge is 2.12. The summed E-state index contributed by atoms with van der Waals surface area (Å²) >= 11 is 1.33. The molecule has 6 heteroatoms. The van der Waals surface area contributed by atoms with E-state index in [2.05, 4.69) is 15.6 Å². The Balaban J connectivity index is 2.23. The minimum absolute atomic E-state index is 0.181. The van der Waals surface area contributed by atoms with Gasteiger partial charge in [-0.2, -0.15) is 0 Å². The molecule has 0 fully saturated rings. The van der Waals surface area contributed by atoms with Crippen LogP contribution in [0.1, 0.15) is 24.3 Å². The number of hydrogen-bond acceptors (Lipinski definition) is 4. The van der Waals surface area contributed by atoms with Gasteiger partial charge in [0.05, 0.1) is 16.9 Å². The van der Waals surface area contributed by atoms with Crippen LogP contribution in [0.3, 0.4) is 0 Å². The Bertz CT molecular complexity index is 569. The summed E-state index contributed by atoms with van der Waals surface area (Å²) in [5.74, 6) is -0.749. The third-order valence-electron chi connectivity index (χ3n) is 2.34. The van der Waals surface area contributed by atoms with Crippen molar-refractivity contribution in [3.05, 3.63) is 40.6 Å². The number of anilines is 2. The van der Waals surface area contributed by atoms with Crippen molar-refractivity contribution in [2.45, 2.75) is 19.9 Å². The lowest BCUT2D eigenvalue weighted by Gasteiger charge is -2.15. The third kappa shape index (κ3) is 3.51. The molecular formula is C13H14FN3OS. The molecule has 0 aliphatic heterocycles. The van der Waals surface area contributed by atoms with Crippen LogP contribution >= 0.6 is 11.3 Å². The Labute approximate surface area is 114 Å². The molecule has 0 atom stereocenters.